The minimum absolute atomic E-state index is 0.0523. The Labute approximate surface area is 200 Å². The molecule has 0 bridgehead atoms. The van der Waals surface area contributed by atoms with Gasteiger partial charge in [-0.15, -0.1) is 0 Å². The molecule has 8 heteroatoms. The molecule has 1 aliphatic heterocycles. The van der Waals surface area contributed by atoms with Gasteiger partial charge in [-0.1, -0.05) is 60.7 Å². The summed E-state index contributed by atoms with van der Waals surface area (Å²) in [5.74, 6) is -0.548. The molecule has 2 amide bonds. The molecular formula is C26H32N2O6. The van der Waals surface area contributed by atoms with E-state index in [1.165, 1.54) is 4.90 Å². The summed E-state index contributed by atoms with van der Waals surface area (Å²) in [6.45, 7) is 2.75. The molecule has 3 rings (SSSR count). The number of benzene rings is 2. The molecule has 0 radical (unpaired) electrons. The molecule has 2 aromatic rings. The number of hydrogen-bond donors (Lipinski definition) is 0. The minimum Gasteiger partial charge on any atom is -0.458 e. The molecule has 0 unspecified atom stereocenters. The van der Waals surface area contributed by atoms with Crippen LogP contribution in [0.4, 0.5) is 4.79 Å². The molecule has 0 aliphatic carbocycles. The topological polar surface area (TPSA) is 85.4 Å². The van der Waals surface area contributed by atoms with E-state index < -0.39 is 18.2 Å². The average molecular weight is 469 g/mol. The van der Waals surface area contributed by atoms with Crippen molar-refractivity contribution >= 4 is 18.0 Å². The first kappa shape index (κ1) is 25.2. The van der Waals surface area contributed by atoms with Gasteiger partial charge in [-0.05, 0) is 17.5 Å². The van der Waals surface area contributed by atoms with Crippen molar-refractivity contribution in [3.8, 4) is 0 Å². The van der Waals surface area contributed by atoms with E-state index in [9.17, 15) is 14.4 Å². The zero-order valence-corrected chi connectivity index (χ0v) is 19.6. The molecule has 2 aromatic carbocycles. The smallest absolute Gasteiger partial charge is 0.410 e. The summed E-state index contributed by atoms with van der Waals surface area (Å²) in [7, 11) is 1.59. The minimum atomic E-state index is -1.07. The average Bonchev–Trinajstić information content (AvgIpc) is 2.88. The van der Waals surface area contributed by atoms with Crippen LogP contribution in [0.1, 0.15) is 24.0 Å². The van der Waals surface area contributed by atoms with Gasteiger partial charge >= 0.3 is 12.1 Å². The van der Waals surface area contributed by atoms with E-state index in [1.807, 2.05) is 60.7 Å². The Morgan fingerprint density at radius 3 is 2.24 bits per heavy atom. The zero-order valence-electron chi connectivity index (χ0n) is 19.6. The van der Waals surface area contributed by atoms with E-state index in [0.717, 1.165) is 11.1 Å². The summed E-state index contributed by atoms with van der Waals surface area (Å²) in [4.78, 5) is 40.9. The number of rotatable bonds is 10. The van der Waals surface area contributed by atoms with Gasteiger partial charge in [0, 0.05) is 39.5 Å². The van der Waals surface area contributed by atoms with Crippen LogP contribution in [-0.2, 0) is 36.8 Å². The maximum atomic E-state index is 12.8. The highest BCUT2D eigenvalue weighted by Gasteiger charge is 2.27. The van der Waals surface area contributed by atoms with E-state index >= 15 is 0 Å². The number of ether oxygens (including phenoxy) is 3. The summed E-state index contributed by atoms with van der Waals surface area (Å²) >= 11 is 0. The third kappa shape index (κ3) is 8.19. The molecule has 1 saturated heterocycles. The van der Waals surface area contributed by atoms with Crippen LogP contribution < -0.4 is 0 Å². The largest absolute Gasteiger partial charge is 0.458 e. The molecule has 1 heterocycles. The molecule has 1 fully saturated rings. The summed E-state index contributed by atoms with van der Waals surface area (Å²) in [5.41, 5.74) is 1.71. The van der Waals surface area contributed by atoms with Crippen LogP contribution in [0.2, 0.25) is 0 Å². The van der Waals surface area contributed by atoms with Crippen molar-refractivity contribution in [3.63, 3.8) is 0 Å². The van der Waals surface area contributed by atoms with Gasteiger partial charge in [0.15, 0.2) is 0 Å². The Bertz CT molecular complexity index is 915. The van der Waals surface area contributed by atoms with Crippen LogP contribution in [0.15, 0.2) is 60.7 Å². The van der Waals surface area contributed by atoms with E-state index in [1.54, 1.807) is 11.9 Å². The van der Waals surface area contributed by atoms with Crippen LogP contribution in [0, 0.1) is 0 Å². The lowest BCUT2D eigenvalue weighted by Crippen LogP contribution is -2.41. The maximum absolute atomic E-state index is 12.8. The molecule has 1 atom stereocenters. The highest BCUT2D eigenvalue weighted by Crippen LogP contribution is 2.12. The second kappa shape index (κ2) is 13.3. The Morgan fingerprint density at radius 1 is 0.971 bits per heavy atom. The fourth-order valence-corrected chi connectivity index (χ4v) is 3.56. The number of hydrogen-bond acceptors (Lipinski definition) is 6. The quantitative estimate of drug-likeness (QED) is 0.499. The maximum Gasteiger partial charge on any atom is 0.410 e. The molecule has 34 heavy (non-hydrogen) atoms. The predicted octanol–water partition coefficient (Wildman–Crippen LogP) is 3.05. The van der Waals surface area contributed by atoms with Gasteiger partial charge in [0.1, 0.15) is 6.61 Å². The van der Waals surface area contributed by atoms with E-state index in [0.29, 0.717) is 45.7 Å². The molecule has 0 spiro atoms. The van der Waals surface area contributed by atoms with Crippen molar-refractivity contribution in [1.29, 1.82) is 0 Å². The monoisotopic (exact) mass is 468 g/mol. The first-order valence-corrected chi connectivity index (χ1v) is 11.5. The van der Waals surface area contributed by atoms with Gasteiger partial charge in [-0.2, -0.15) is 0 Å². The SMILES string of the molecule is CN(CCCC(=O)N1CCOCC1)C(=O)O[C@@H](Cc1ccccc1)C(=O)OCc1ccccc1. The second-order valence-electron chi connectivity index (χ2n) is 8.17. The van der Waals surface area contributed by atoms with Gasteiger partial charge in [-0.3, -0.25) is 4.79 Å². The Hall–Kier alpha value is -3.39. The second-order valence-corrected chi connectivity index (χ2v) is 8.17. The number of amides is 2. The third-order valence-electron chi connectivity index (χ3n) is 5.55. The third-order valence-corrected chi connectivity index (χ3v) is 5.55. The number of carbonyl (C=O) groups is 3. The van der Waals surface area contributed by atoms with E-state index in [4.69, 9.17) is 14.2 Å². The van der Waals surface area contributed by atoms with E-state index in [-0.39, 0.29) is 18.9 Å². The van der Waals surface area contributed by atoms with Gasteiger partial charge < -0.3 is 24.0 Å². The van der Waals surface area contributed by atoms with Crippen molar-refractivity contribution in [2.24, 2.45) is 0 Å². The predicted molar refractivity (Wildman–Crippen MR) is 126 cm³/mol. The summed E-state index contributed by atoms with van der Waals surface area (Å²) in [5, 5.41) is 0. The molecule has 0 aromatic heterocycles. The first-order chi connectivity index (χ1) is 16.5. The fraction of sp³-hybridized carbons (Fsp3) is 0.423. The highest BCUT2D eigenvalue weighted by molar-refractivity contribution is 5.79. The Kier molecular flexibility index (Phi) is 9.91. The van der Waals surface area contributed by atoms with Crippen molar-refractivity contribution in [2.75, 3.05) is 39.9 Å². The standard InChI is InChI=1S/C26H32N2O6/c1-27(14-8-13-24(29)28-15-17-32-18-16-28)26(31)34-23(19-21-9-4-2-5-10-21)25(30)33-20-22-11-6-3-7-12-22/h2-7,9-12,23H,8,13-20H2,1H3/t23-/m0/s1. The van der Waals surface area contributed by atoms with Crippen molar-refractivity contribution in [1.82, 2.24) is 9.80 Å². The van der Waals surface area contributed by atoms with Crippen LogP contribution in [-0.4, -0.2) is 73.8 Å². The van der Waals surface area contributed by atoms with Gasteiger partial charge in [0.2, 0.25) is 12.0 Å². The molecule has 8 nitrogen and oxygen atoms in total. The Balaban J connectivity index is 1.51. The van der Waals surface area contributed by atoms with Crippen LogP contribution >= 0.6 is 0 Å². The first-order valence-electron chi connectivity index (χ1n) is 11.5. The summed E-state index contributed by atoms with van der Waals surface area (Å²) in [6.07, 6.45) is -0.649. The zero-order chi connectivity index (χ0) is 24.2. The van der Waals surface area contributed by atoms with Crippen molar-refractivity contribution in [3.05, 3.63) is 71.8 Å². The molecule has 0 N–H and O–H groups in total. The van der Waals surface area contributed by atoms with Gasteiger partial charge in [0.05, 0.1) is 13.2 Å². The lowest BCUT2D eigenvalue weighted by Gasteiger charge is -2.27. The normalized spacial score (nSPS) is 14.2. The Morgan fingerprint density at radius 2 is 1.59 bits per heavy atom. The molecule has 182 valence electrons. The molecule has 0 saturated carbocycles. The van der Waals surface area contributed by atoms with E-state index in [2.05, 4.69) is 0 Å². The number of nitrogens with zero attached hydrogens (tertiary/aromatic N) is 2. The molecular weight excluding hydrogens is 436 g/mol. The lowest BCUT2D eigenvalue weighted by atomic mass is 10.1. The lowest BCUT2D eigenvalue weighted by molar-refractivity contribution is -0.155. The number of morpholine rings is 1. The number of esters is 1. The van der Waals surface area contributed by atoms with Gasteiger partial charge in [-0.25, -0.2) is 9.59 Å². The van der Waals surface area contributed by atoms with Crippen LogP contribution in [0.3, 0.4) is 0 Å². The molecule has 1 aliphatic rings. The number of carbonyl (C=O) groups excluding carboxylic acids is 3. The van der Waals surface area contributed by atoms with Crippen molar-refractivity contribution in [2.45, 2.75) is 32.0 Å². The van der Waals surface area contributed by atoms with Crippen molar-refractivity contribution < 1.29 is 28.6 Å². The summed E-state index contributed by atoms with van der Waals surface area (Å²) < 4.78 is 16.2. The fourth-order valence-electron chi connectivity index (χ4n) is 3.56. The summed E-state index contributed by atoms with van der Waals surface area (Å²) in [6, 6.07) is 18.7. The van der Waals surface area contributed by atoms with Gasteiger partial charge in [0.25, 0.3) is 0 Å². The highest BCUT2D eigenvalue weighted by atomic mass is 16.6. The van der Waals surface area contributed by atoms with Crippen LogP contribution in [0.5, 0.6) is 0 Å². The van der Waals surface area contributed by atoms with Crippen LogP contribution in [0.25, 0.3) is 0 Å².